The van der Waals surface area contributed by atoms with Gasteiger partial charge < -0.3 is 9.84 Å². The highest BCUT2D eigenvalue weighted by atomic mass is 16.5. The number of fused-ring (bicyclic) bond motifs is 1. The molecule has 2 rings (SSSR count). The SMILES string of the molecule is OCCOc1nnc2ccccn12. The van der Waals surface area contributed by atoms with E-state index in [9.17, 15) is 0 Å². The maximum atomic E-state index is 8.55. The van der Waals surface area contributed by atoms with Crippen LogP contribution in [0.15, 0.2) is 24.4 Å². The smallest absolute Gasteiger partial charge is 0.321 e. The monoisotopic (exact) mass is 179 g/mol. The first kappa shape index (κ1) is 8.00. The molecule has 0 fully saturated rings. The van der Waals surface area contributed by atoms with Gasteiger partial charge in [-0.3, -0.25) is 4.40 Å². The predicted molar refractivity (Wildman–Crippen MR) is 45.6 cm³/mol. The minimum Gasteiger partial charge on any atom is -0.461 e. The number of aliphatic hydroxyl groups excluding tert-OH is 1. The molecule has 0 atom stereocenters. The molecule has 1 N–H and O–H groups in total. The Hall–Kier alpha value is -1.62. The normalized spacial score (nSPS) is 10.5. The summed E-state index contributed by atoms with van der Waals surface area (Å²) in [7, 11) is 0. The van der Waals surface area contributed by atoms with Gasteiger partial charge in [-0.1, -0.05) is 11.2 Å². The lowest BCUT2D eigenvalue weighted by molar-refractivity contribution is 0.190. The van der Waals surface area contributed by atoms with E-state index in [0.29, 0.717) is 6.01 Å². The van der Waals surface area contributed by atoms with Crippen LogP contribution in [0.4, 0.5) is 0 Å². The van der Waals surface area contributed by atoms with Crippen molar-refractivity contribution in [1.29, 1.82) is 0 Å². The molecule has 0 spiro atoms. The molecule has 0 saturated carbocycles. The average molecular weight is 179 g/mol. The van der Waals surface area contributed by atoms with Gasteiger partial charge in [-0.05, 0) is 12.1 Å². The Labute approximate surface area is 74.6 Å². The minimum atomic E-state index is -0.0260. The first-order chi connectivity index (χ1) is 6.42. The molecular weight excluding hydrogens is 170 g/mol. The van der Waals surface area contributed by atoms with Crippen LogP contribution in [0.5, 0.6) is 6.01 Å². The fourth-order valence-corrected chi connectivity index (χ4v) is 1.05. The molecule has 0 unspecified atom stereocenters. The molecule has 13 heavy (non-hydrogen) atoms. The second-order valence-electron chi connectivity index (χ2n) is 2.48. The number of pyridine rings is 1. The minimum absolute atomic E-state index is 0.0260. The Bertz CT molecular complexity index is 399. The first-order valence-electron chi connectivity index (χ1n) is 3.95. The molecule has 5 nitrogen and oxygen atoms in total. The summed E-state index contributed by atoms with van der Waals surface area (Å²) in [6.07, 6.45) is 1.81. The third-order valence-electron chi connectivity index (χ3n) is 1.60. The summed E-state index contributed by atoms with van der Waals surface area (Å²) in [6.45, 7) is 0.206. The molecule has 0 aliphatic rings. The molecule has 0 radical (unpaired) electrons. The number of nitrogens with zero attached hydrogens (tertiary/aromatic N) is 3. The highest BCUT2D eigenvalue weighted by Crippen LogP contribution is 2.08. The van der Waals surface area contributed by atoms with E-state index < -0.39 is 0 Å². The van der Waals surface area contributed by atoms with Crippen LogP contribution in [0.1, 0.15) is 0 Å². The Balaban J connectivity index is 2.35. The molecule has 68 valence electrons. The number of hydrogen-bond donors (Lipinski definition) is 1. The Kier molecular flexibility index (Phi) is 2.09. The van der Waals surface area contributed by atoms with E-state index in [4.69, 9.17) is 9.84 Å². The van der Waals surface area contributed by atoms with Crippen molar-refractivity contribution in [2.75, 3.05) is 13.2 Å². The molecule has 2 aromatic rings. The standard InChI is InChI=1S/C8H9N3O2/c12-5-6-13-8-10-9-7-3-1-2-4-11(7)8/h1-4,12H,5-6H2. The zero-order valence-electron chi connectivity index (χ0n) is 6.92. The van der Waals surface area contributed by atoms with Crippen molar-refractivity contribution in [2.24, 2.45) is 0 Å². The van der Waals surface area contributed by atoms with Crippen LogP contribution in [0.2, 0.25) is 0 Å². The third-order valence-corrected chi connectivity index (χ3v) is 1.60. The first-order valence-corrected chi connectivity index (χ1v) is 3.95. The van der Waals surface area contributed by atoms with Gasteiger partial charge in [-0.25, -0.2) is 0 Å². The lowest BCUT2D eigenvalue weighted by Crippen LogP contribution is -2.04. The van der Waals surface area contributed by atoms with E-state index in [1.165, 1.54) is 0 Å². The van der Waals surface area contributed by atoms with Crippen molar-refractivity contribution >= 4 is 5.65 Å². The van der Waals surface area contributed by atoms with Crippen molar-refractivity contribution in [3.05, 3.63) is 24.4 Å². The maximum Gasteiger partial charge on any atom is 0.321 e. The van der Waals surface area contributed by atoms with Crippen LogP contribution in [0, 0.1) is 0 Å². The zero-order chi connectivity index (χ0) is 9.10. The van der Waals surface area contributed by atoms with Gasteiger partial charge in [0.2, 0.25) is 0 Å². The molecular formula is C8H9N3O2. The average Bonchev–Trinajstić information content (AvgIpc) is 2.58. The number of rotatable bonds is 3. The van der Waals surface area contributed by atoms with Gasteiger partial charge in [-0.2, -0.15) is 0 Å². The highest BCUT2D eigenvalue weighted by molar-refractivity contribution is 5.38. The lowest BCUT2D eigenvalue weighted by Gasteiger charge is -1.99. The van der Waals surface area contributed by atoms with Gasteiger partial charge >= 0.3 is 6.01 Å². The molecule has 5 heteroatoms. The number of ether oxygens (including phenoxy) is 1. The van der Waals surface area contributed by atoms with E-state index in [1.807, 2.05) is 24.4 Å². The molecule has 0 aliphatic heterocycles. The van der Waals surface area contributed by atoms with E-state index in [1.54, 1.807) is 4.40 Å². The summed E-state index contributed by atoms with van der Waals surface area (Å²) in [5.74, 6) is 0. The van der Waals surface area contributed by atoms with Gasteiger partial charge in [0.15, 0.2) is 5.65 Å². The van der Waals surface area contributed by atoms with Gasteiger partial charge in [0, 0.05) is 6.20 Å². The Morgan fingerprint density at radius 1 is 1.38 bits per heavy atom. The largest absolute Gasteiger partial charge is 0.461 e. The summed E-state index contributed by atoms with van der Waals surface area (Å²) < 4.78 is 6.87. The molecule has 0 amide bonds. The van der Waals surface area contributed by atoms with E-state index >= 15 is 0 Å². The molecule has 2 aromatic heterocycles. The molecule has 0 aromatic carbocycles. The van der Waals surface area contributed by atoms with Crippen LogP contribution < -0.4 is 4.74 Å². The van der Waals surface area contributed by atoms with Gasteiger partial charge in [0.1, 0.15) is 6.61 Å². The number of aromatic nitrogens is 3. The summed E-state index contributed by atoms with van der Waals surface area (Å²) >= 11 is 0. The van der Waals surface area contributed by atoms with Crippen LogP contribution in [0.3, 0.4) is 0 Å². The third kappa shape index (κ3) is 1.46. The quantitative estimate of drug-likeness (QED) is 0.726. The molecule has 0 saturated heterocycles. The second kappa shape index (κ2) is 3.40. The lowest BCUT2D eigenvalue weighted by atomic mass is 10.5. The van der Waals surface area contributed by atoms with Gasteiger partial charge in [0.05, 0.1) is 6.61 Å². The molecule has 0 bridgehead atoms. The van der Waals surface area contributed by atoms with Gasteiger partial charge in [-0.15, -0.1) is 5.10 Å². The van der Waals surface area contributed by atoms with Crippen LogP contribution in [-0.2, 0) is 0 Å². The molecule has 0 aliphatic carbocycles. The van der Waals surface area contributed by atoms with Crippen LogP contribution in [0.25, 0.3) is 5.65 Å². The Morgan fingerprint density at radius 2 is 2.31 bits per heavy atom. The Morgan fingerprint density at radius 3 is 3.15 bits per heavy atom. The maximum absolute atomic E-state index is 8.55. The van der Waals surface area contributed by atoms with Crippen LogP contribution >= 0.6 is 0 Å². The van der Waals surface area contributed by atoms with Crippen LogP contribution in [-0.4, -0.2) is 32.9 Å². The van der Waals surface area contributed by atoms with Gasteiger partial charge in [0.25, 0.3) is 0 Å². The fraction of sp³-hybridized carbons (Fsp3) is 0.250. The highest BCUT2D eigenvalue weighted by Gasteiger charge is 2.03. The van der Waals surface area contributed by atoms with Crippen molar-refractivity contribution < 1.29 is 9.84 Å². The topological polar surface area (TPSA) is 59.7 Å². The second-order valence-corrected chi connectivity index (χ2v) is 2.48. The summed E-state index contributed by atoms with van der Waals surface area (Å²) in [5.41, 5.74) is 0.732. The van der Waals surface area contributed by atoms with E-state index in [-0.39, 0.29) is 13.2 Å². The van der Waals surface area contributed by atoms with Crippen molar-refractivity contribution in [3.63, 3.8) is 0 Å². The van der Waals surface area contributed by atoms with E-state index in [2.05, 4.69) is 10.2 Å². The zero-order valence-corrected chi connectivity index (χ0v) is 6.92. The van der Waals surface area contributed by atoms with Crippen molar-refractivity contribution in [2.45, 2.75) is 0 Å². The summed E-state index contributed by atoms with van der Waals surface area (Å²) in [4.78, 5) is 0. The number of aliphatic hydroxyl groups is 1. The summed E-state index contributed by atoms with van der Waals surface area (Å²) in [5, 5.41) is 16.2. The van der Waals surface area contributed by atoms with E-state index in [0.717, 1.165) is 5.65 Å². The predicted octanol–water partition coefficient (Wildman–Crippen LogP) is 0.100. The molecule has 2 heterocycles. The van der Waals surface area contributed by atoms with Crippen molar-refractivity contribution in [1.82, 2.24) is 14.6 Å². The van der Waals surface area contributed by atoms with Crippen molar-refractivity contribution in [3.8, 4) is 6.01 Å². The fourth-order valence-electron chi connectivity index (χ4n) is 1.05. The summed E-state index contributed by atoms with van der Waals surface area (Å²) in [6, 6.07) is 5.98. The number of hydrogen-bond acceptors (Lipinski definition) is 4.